The maximum Gasteiger partial charge on any atom is 0.305 e. The van der Waals surface area contributed by atoms with Crippen molar-refractivity contribution in [3.8, 4) is 0 Å². The predicted molar refractivity (Wildman–Crippen MR) is 311 cm³/mol. The van der Waals surface area contributed by atoms with Crippen molar-refractivity contribution in [1.82, 2.24) is 9.80 Å². The summed E-state index contributed by atoms with van der Waals surface area (Å²) in [5.41, 5.74) is 0. The van der Waals surface area contributed by atoms with E-state index in [1.165, 1.54) is 148 Å². The summed E-state index contributed by atoms with van der Waals surface area (Å²) < 4.78 is 16.9. The Kier molecular flexibility index (Phi) is 56.6. The summed E-state index contributed by atoms with van der Waals surface area (Å²) in [6, 6.07) is 1.08. The van der Waals surface area contributed by atoms with Crippen LogP contribution in [0, 0.1) is 0 Å². The number of aliphatic hydroxyl groups excluding tert-OH is 1. The van der Waals surface area contributed by atoms with Crippen LogP contribution in [0.4, 0.5) is 0 Å². The maximum atomic E-state index is 12.6. The molecule has 0 heterocycles. The predicted octanol–water partition coefficient (Wildman–Crippen LogP) is 18.0. The number of carbonyl (C=O) groups is 3. The molecule has 0 bridgehead atoms. The number of ether oxygens (including phenoxy) is 3. The molecule has 2 atom stereocenters. The Morgan fingerprint density at radius 1 is 0.315 bits per heavy atom. The minimum atomic E-state index is -0.0354. The fourth-order valence-electron chi connectivity index (χ4n) is 10.5. The van der Waals surface area contributed by atoms with Gasteiger partial charge in [0.1, 0.15) is 0 Å². The fraction of sp³-hybridized carbons (Fsp3) is 0.953. The molecular weight excluding hydrogens is 909 g/mol. The Morgan fingerprint density at radius 2 is 0.589 bits per heavy atom. The van der Waals surface area contributed by atoms with Crippen molar-refractivity contribution in [3.05, 3.63) is 0 Å². The van der Waals surface area contributed by atoms with E-state index in [0.29, 0.717) is 51.2 Å². The molecule has 0 radical (unpaired) electrons. The summed E-state index contributed by atoms with van der Waals surface area (Å²) >= 11 is 0. The summed E-state index contributed by atoms with van der Waals surface area (Å²) in [6.07, 6.45) is 52.3. The average Bonchev–Trinajstić information content (AvgIpc) is 3.38. The third-order valence-corrected chi connectivity index (χ3v) is 15.2. The lowest BCUT2D eigenvalue weighted by Gasteiger charge is -2.40. The summed E-state index contributed by atoms with van der Waals surface area (Å²) in [5, 5.41) is 9.70. The van der Waals surface area contributed by atoms with E-state index in [2.05, 4.69) is 44.4 Å². The molecule has 434 valence electrons. The smallest absolute Gasteiger partial charge is 0.305 e. The number of aliphatic hydroxyl groups is 1. The van der Waals surface area contributed by atoms with Gasteiger partial charge in [0.25, 0.3) is 0 Å². The largest absolute Gasteiger partial charge is 0.466 e. The molecule has 0 rings (SSSR count). The Balaban J connectivity index is 5.76. The SMILES string of the molecule is CCCCCCCCCCCCCOC(=O)CCCCCN(CCCCO)CCCN(C(CCCCCCC)CCCCCOC(=O)CCCCC)C(CCCCCCC)CCCCCOC(=O)CCCCC. The lowest BCUT2D eigenvalue weighted by molar-refractivity contribution is -0.144. The van der Waals surface area contributed by atoms with Crippen molar-refractivity contribution in [1.29, 1.82) is 0 Å². The standard InChI is InChI=1S/C64H126N2O7/c1-6-11-16-19-20-21-22-23-24-27-41-57-71-64(70)51-37-28-38-52-65(53-39-40-56-67)54-44-55-66(60(45-33-25-17-12-7-2)47-35-29-42-58-72-62(68)49-31-14-9-4)61(46-34-26-18-13-8-3)48-36-30-43-59-73-63(69)50-32-15-10-5/h60-61,67H,6-59H2,1-5H3. The Morgan fingerprint density at radius 3 is 0.959 bits per heavy atom. The quantitative estimate of drug-likeness (QED) is 0.0362. The van der Waals surface area contributed by atoms with E-state index in [9.17, 15) is 19.5 Å². The molecule has 0 spiro atoms. The normalized spacial score (nSPS) is 12.5. The zero-order valence-corrected chi connectivity index (χ0v) is 49.6. The van der Waals surface area contributed by atoms with E-state index in [-0.39, 0.29) is 24.5 Å². The highest BCUT2D eigenvalue weighted by Gasteiger charge is 2.26. The van der Waals surface area contributed by atoms with Crippen LogP contribution in [0.1, 0.15) is 330 Å². The monoisotopic (exact) mass is 1030 g/mol. The Labute approximate surface area is 454 Å². The first-order chi connectivity index (χ1) is 35.9. The van der Waals surface area contributed by atoms with Gasteiger partial charge in [-0.15, -0.1) is 0 Å². The first kappa shape index (κ1) is 71.3. The lowest BCUT2D eigenvalue weighted by Crippen LogP contribution is -2.45. The molecule has 0 amide bonds. The van der Waals surface area contributed by atoms with Crippen LogP contribution in [0.15, 0.2) is 0 Å². The van der Waals surface area contributed by atoms with E-state index in [1.54, 1.807) is 0 Å². The van der Waals surface area contributed by atoms with Gasteiger partial charge in [0.2, 0.25) is 0 Å². The number of nitrogens with zero attached hydrogens (tertiary/aromatic N) is 2. The van der Waals surface area contributed by atoms with Gasteiger partial charge in [-0.25, -0.2) is 0 Å². The number of esters is 3. The molecule has 0 aromatic heterocycles. The molecular formula is C64H126N2O7. The van der Waals surface area contributed by atoms with Gasteiger partial charge in [0, 0.05) is 38.0 Å². The maximum absolute atomic E-state index is 12.6. The van der Waals surface area contributed by atoms with Gasteiger partial charge < -0.3 is 24.2 Å². The van der Waals surface area contributed by atoms with Crippen LogP contribution < -0.4 is 0 Å². The number of carbonyl (C=O) groups excluding carboxylic acids is 3. The second kappa shape index (κ2) is 58.0. The van der Waals surface area contributed by atoms with E-state index < -0.39 is 0 Å². The first-order valence-electron chi connectivity index (χ1n) is 32.4. The zero-order chi connectivity index (χ0) is 53.3. The van der Waals surface area contributed by atoms with Gasteiger partial charge in [-0.05, 0) is 116 Å². The Hall–Kier alpha value is -1.71. The molecule has 0 saturated heterocycles. The summed E-state index contributed by atoms with van der Waals surface area (Å²) in [5.74, 6) is -0.104. The molecule has 0 fully saturated rings. The third kappa shape index (κ3) is 49.6. The third-order valence-electron chi connectivity index (χ3n) is 15.2. The summed E-state index contributed by atoms with van der Waals surface area (Å²) in [7, 11) is 0. The van der Waals surface area contributed by atoms with Gasteiger partial charge in [0.05, 0.1) is 19.8 Å². The van der Waals surface area contributed by atoms with Gasteiger partial charge in [-0.2, -0.15) is 0 Å². The van der Waals surface area contributed by atoms with Crippen molar-refractivity contribution in [2.45, 2.75) is 342 Å². The van der Waals surface area contributed by atoms with Crippen molar-refractivity contribution >= 4 is 17.9 Å². The van der Waals surface area contributed by atoms with E-state index in [1.807, 2.05) is 0 Å². The van der Waals surface area contributed by atoms with Crippen LogP contribution in [0.5, 0.6) is 0 Å². The minimum absolute atomic E-state index is 0.0331. The molecule has 9 nitrogen and oxygen atoms in total. The molecule has 0 aliphatic heterocycles. The molecule has 9 heteroatoms. The highest BCUT2D eigenvalue weighted by molar-refractivity contribution is 5.69. The second-order valence-electron chi connectivity index (χ2n) is 22.2. The number of unbranched alkanes of at least 4 members (excludes halogenated alkanes) is 29. The van der Waals surface area contributed by atoms with Crippen molar-refractivity contribution < 1.29 is 33.7 Å². The van der Waals surface area contributed by atoms with Gasteiger partial charge in [-0.1, -0.05) is 221 Å². The molecule has 2 unspecified atom stereocenters. The molecule has 0 aromatic carbocycles. The van der Waals surface area contributed by atoms with Crippen LogP contribution >= 0.6 is 0 Å². The summed E-state index contributed by atoms with van der Waals surface area (Å²) in [6.45, 7) is 17.3. The van der Waals surface area contributed by atoms with E-state index >= 15 is 0 Å². The van der Waals surface area contributed by atoms with Crippen molar-refractivity contribution in [2.75, 3.05) is 52.6 Å². The van der Waals surface area contributed by atoms with Crippen LogP contribution in [-0.2, 0) is 28.6 Å². The second-order valence-corrected chi connectivity index (χ2v) is 22.2. The topological polar surface area (TPSA) is 106 Å². The highest BCUT2D eigenvalue weighted by atomic mass is 16.5. The molecule has 0 aliphatic carbocycles. The van der Waals surface area contributed by atoms with Crippen LogP contribution in [0.2, 0.25) is 0 Å². The van der Waals surface area contributed by atoms with Crippen molar-refractivity contribution in [3.63, 3.8) is 0 Å². The lowest BCUT2D eigenvalue weighted by atomic mass is 9.93. The first-order valence-corrected chi connectivity index (χ1v) is 32.4. The molecule has 1 N–H and O–H groups in total. The highest BCUT2D eigenvalue weighted by Crippen LogP contribution is 2.27. The van der Waals surface area contributed by atoms with Gasteiger partial charge >= 0.3 is 17.9 Å². The van der Waals surface area contributed by atoms with Crippen molar-refractivity contribution in [2.24, 2.45) is 0 Å². The number of hydrogen-bond acceptors (Lipinski definition) is 9. The van der Waals surface area contributed by atoms with Crippen LogP contribution in [0.25, 0.3) is 0 Å². The number of rotatable bonds is 60. The average molecular weight is 1040 g/mol. The van der Waals surface area contributed by atoms with Gasteiger partial charge in [-0.3, -0.25) is 19.3 Å². The molecule has 0 aromatic rings. The molecule has 0 aliphatic rings. The van der Waals surface area contributed by atoms with Gasteiger partial charge in [0.15, 0.2) is 0 Å². The Bertz CT molecular complexity index is 1100. The molecule has 0 saturated carbocycles. The number of hydrogen-bond donors (Lipinski definition) is 1. The van der Waals surface area contributed by atoms with Crippen LogP contribution in [-0.4, -0.2) is 97.5 Å². The van der Waals surface area contributed by atoms with Crippen LogP contribution in [0.3, 0.4) is 0 Å². The van der Waals surface area contributed by atoms with E-state index in [4.69, 9.17) is 14.2 Å². The molecule has 73 heavy (non-hydrogen) atoms. The zero-order valence-electron chi connectivity index (χ0n) is 49.6. The van der Waals surface area contributed by atoms with E-state index in [0.717, 1.165) is 155 Å². The minimum Gasteiger partial charge on any atom is -0.466 e. The summed E-state index contributed by atoms with van der Waals surface area (Å²) in [4.78, 5) is 42.9. The fourth-order valence-corrected chi connectivity index (χ4v) is 10.5.